The van der Waals surface area contributed by atoms with Crippen LogP contribution in [0.15, 0.2) is 97.3 Å². The number of rotatable bonds is 12. The van der Waals surface area contributed by atoms with Crippen LogP contribution in [-0.4, -0.2) is 30.6 Å². The number of unbranched alkanes of at least 4 members (excludes halogenated alkanes) is 1. The average Bonchev–Trinajstić information content (AvgIpc) is 2.94. The molecular weight excluding hydrogens is 508 g/mol. The predicted molar refractivity (Wildman–Crippen MR) is 154 cm³/mol. The van der Waals surface area contributed by atoms with Gasteiger partial charge < -0.3 is 18.9 Å². The first kappa shape index (κ1) is 30.1. The Morgan fingerprint density at radius 1 is 0.850 bits per heavy atom. The molecule has 0 aromatic heterocycles. The van der Waals surface area contributed by atoms with Crippen molar-refractivity contribution in [3.63, 3.8) is 0 Å². The molecule has 0 heterocycles. The summed E-state index contributed by atoms with van der Waals surface area (Å²) in [7, 11) is 0. The van der Waals surface area contributed by atoms with E-state index in [1.165, 1.54) is 0 Å². The minimum absolute atomic E-state index is 0.296. The van der Waals surface area contributed by atoms with Crippen molar-refractivity contribution in [1.82, 2.24) is 0 Å². The summed E-state index contributed by atoms with van der Waals surface area (Å²) in [5.74, 6) is -0.488. The van der Waals surface area contributed by atoms with E-state index in [1.807, 2.05) is 12.1 Å². The lowest BCUT2D eigenvalue weighted by Crippen LogP contribution is -2.21. The number of carbonyl (C=O) groups excluding carboxylic acids is 3. The molecule has 208 valence electrons. The fourth-order valence-corrected chi connectivity index (χ4v) is 3.83. The van der Waals surface area contributed by atoms with Gasteiger partial charge in [0.15, 0.2) is 0 Å². The highest BCUT2D eigenvalue weighted by atomic mass is 16.5. The Kier molecular flexibility index (Phi) is 10.6. The number of allylic oxidation sites excluding steroid dienone is 1. The molecule has 0 aliphatic heterocycles. The second-order valence-electron chi connectivity index (χ2n) is 9.37. The van der Waals surface area contributed by atoms with Crippen LogP contribution in [0.4, 0.5) is 0 Å². The molecule has 0 radical (unpaired) electrons. The molecule has 0 N–H and O–H groups in total. The van der Waals surface area contributed by atoms with Crippen LogP contribution < -0.4 is 9.47 Å². The van der Waals surface area contributed by atoms with Crippen molar-refractivity contribution in [2.75, 3.05) is 6.61 Å². The standard InChI is InChI=1S/C33H34O7/c1-7-9-18-37-29-19-28(24-12-16-26(17-13-24)39-33(36)22(5)6)30(40-31(34)8-2)20-27(29)23-10-14-25(15-11-23)38-32(35)21(3)4/h8,10-17,20,29H,2-3,5,7,9,18-19H2,1,4,6H3. The van der Waals surface area contributed by atoms with E-state index in [0.717, 1.165) is 41.2 Å². The highest BCUT2D eigenvalue weighted by Gasteiger charge is 2.28. The van der Waals surface area contributed by atoms with Crippen LogP contribution in [0.1, 0.15) is 51.2 Å². The normalized spacial score (nSPS) is 14.6. The predicted octanol–water partition coefficient (Wildman–Crippen LogP) is 6.76. The molecule has 1 unspecified atom stereocenters. The molecule has 1 aliphatic rings. The van der Waals surface area contributed by atoms with Crippen LogP contribution in [0.5, 0.6) is 11.5 Å². The second kappa shape index (κ2) is 14.1. The number of hydrogen-bond donors (Lipinski definition) is 0. The molecule has 1 atom stereocenters. The van der Waals surface area contributed by atoms with E-state index in [0.29, 0.717) is 41.4 Å². The molecule has 2 aromatic rings. The zero-order chi connectivity index (χ0) is 29.2. The van der Waals surface area contributed by atoms with Crippen molar-refractivity contribution in [3.05, 3.63) is 108 Å². The fourth-order valence-electron chi connectivity index (χ4n) is 3.83. The summed E-state index contributed by atoms with van der Waals surface area (Å²) < 4.78 is 22.6. The van der Waals surface area contributed by atoms with Crippen molar-refractivity contribution >= 4 is 29.1 Å². The summed E-state index contributed by atoms with van der Waals surface area (Å²) in [5.41, 5.74) is 3.77. The molecule has 0 fully saturated rings. The fraction of sp³-hybridized carbons (Fsp3) is 0.242. The lowest BCUT2D eigenvalue weighted by molar-refractivity contribution is -0.133. The van der Waals surface area contributed by atoms with Gasteiger partial charge in [-0.3, -0.25) is 0 Å². The van der Waals surface area contributed by atoms with E-state index in [9.17, 15) is 14.4 Å². The first-order valence-corrected chi connectivity index (χ1v) is 13.0. The van der Waals surface area contributed by atoms with Gasteiger partial charge >= 0.3 is 17.9 Å². The molecule has 7 heteroatoms. The number of ether oxygens (including phenoxy) is 4. The van der Waals surface area contributed by atoms with Crippen molar-refractivity contribution in [3.8, 4) is 11.5 Å². The third-order valence-electron chi connectivity index (χ3n) is 6.02. The summed E-state index contributed by atoms with van der Waals surface area (Å²) in [5, 5.41) is 0. The molecule has 3 rings (SSSR count). The first-order chi connectivity index (χ1) is 19.1. The van der Waals surface area contributed by atoms with E-state index in [4.69, 9.17) is 18.9 Å². The molecule has 40 heavy (non-hydrogen) atoms. The van der Waals surface area contributed by atoms with Gasteiger partial charge in [0, 0.05) is 35.8 Å². The van der Waals surface area contributed by atoms with Crippen LogP contribution in [0.2, 0.25) is 0 Å². The van der Waals surface area contributed by atoms with Gasteiger partial charge in [0.05, 0.1) is 6.10 Å². The first-order valence-electron chi connectivity index (χ1n) is 13.0. The van der Waals surface area contributed by atoms with E-state index in [-0.39, 0.29) is 6.10 Å². The summed E-state index contributed by atoms with van der Waals surface area (Å²) in [6.07, 6.45) is 4.85. The van der Waals surface area contributed by atoms with E-state index in [2.05, 4.69) is 26.7 Å². The zero-order valence-electron chi connectivity index (χ0n) is 23.2. The summed E-state index contributed by atoms with van der Waals surface area (Å²) in [6, 6.07) is 14.0. The summed E-state index contributed by atoms with van der Waals surface area (Å²) >= 11 is 0. The molecule has 0 saturated heterocycles. The third kappa shape index (κ3) is 8.01. The van der Waals surface area contributed by atoms with Crippen LogP contribution in [0.25, 0.3) is 11.1 Å². The zero-order valence-corrected chi connectivity index (χ0v) is 23.2. The van der Waals surface area contributed by atoms with Crippen LogP contribution in [-0.2, 0) is 23.9 Å². The number of esters is 3. The molecule has 1 aliphatic carbocycles. The lowest BCUT2D eigenvalue weighted by Gasteiger charge is -2.28. The Balaban J connectivity index is 2.02. The van der Waals surface area contributed by atoms with Crippen molar-refractivity contribution < 1.29 is 33.3 Å². The van der Waals surface area contributed by atoms with Gasteiger partial charge in [-0.25, -0.2) is 14.4 Å². The third-order valence-corrected chi connectivity index (χ3v) is 6.02. The summed E-state index contributed by atoms with van der Waals surface area (Å²) in [4.78, 5) is 36.1. The van der Waals surface area contributed by atoms with Crippen LogP contribution in [0, 0.1) is 0 Å². The topological polar surface area (TPSA) is 88.1 Å². The van der Waals surface area contributed by atoms with Gasteiger partial charge in [-0.1, -0.05) is 57.3 Å². The van der Waals surface area contributed by atoms with Gasteiger partial charge in [-0.15, -0.1) is 0 Å². The molecular formula is C33H34O7. The van der Waals surface area contributed by atoms with E-state index < -0.39 is 17.9 Å². The molecule has 0 saturated carbocycles. The average molecular weight is 543 g/mol. The number of hydrogen-bond acceptors (Lipinski definition) is 7. The Morgan fingerprint density at radius 2 is 1.38 bits per heavy atom. The lowest BCUT2D eigenvalue weighted by atomic mass is 9.86. The number of benzene rings is 2. The maximum atomic E-state index is 12.3. The second-order valence-corrected chi connectivity index (χ2v) is 9.37. The van der Waals surface area contributed by atoms with Gasteiger partial charge in [0.1, 0.15) is 17.3 Å². The van der Waals surface area contributed by atoms with Gasteiger partial charge in [0.2, 0.25) is 0 Å². The smallest absolute Gasteiger partial charge is 0.338 e. The molecule has 7 nitrogen and oxygen atoms in total. The number of carbonyl (C=O) groups is 3. The Labute approximate surface area is 235 Å². The minimum atomic E-state index is -0.595. The molecule has 2 aromatic carbocycles. The Morgan fingerprint density at radius 3 is 1.85 bits per heavy atom. The minimum Gasteiger partial charge on any atom is -0.423 e. The highest BCUT2D eigenvalue weighted by molar-refractivity contribution is 5.90. The van der Waals surface area contributed by atoms with Crippen molar-refractivity contribution in [2.45, 2.75) is 46.1 Å². The Hall–Kier alpha value is -4.49. The monoisotopic (exact) mass is 542 g/mol. The SMILES string of the molecule is C=CC(=O)OC1=C(c2ccc(OC(=O)C(=C)C)cc2)CC(OCCCC)C(c2ccc(OC(=O)C(=C)C)cc2)=C1. The molecule has 0 bridgehead atoms. The van der Waals surface area contributed by atoms with Crippen molar-refractivity contribution in [1.29, 1.82) is 0 Å². The van der Waals surface area contributed by atoms with Crippen molar-refractivity contribution in [2.24, 2.45) is 0 Å². The maximum absolute atomic E-state index is 12.3. The van der Waals surface area contributed by atoms with Gasteiger partial charge in [-0.2, -0.15) is 0 Å². The largest absolute Gasteiger partial charge is 0.423 e. The summed E-state index contributed by atoms with van der Waals surface area (Å²) in [6.45, 7) is 16.5. The highest BCUT2D eigenvalue weighted by Crippen LogP contribution is 2.39. The Bertz CT molecular complexity index is 1360. The maximum Gasteiger partial charge on any atom is 0.338 e. The van der Waals surface area contributed by atoms with Crippen LogP contribution >= 0.6 is 0 Å². The van der Waals surface area contributed by atoms with E-state index in [1.54, 1.807) is 56.3 Å². The van der Waals surface area contributed by atoms with E-state index >= 15 is 0 Å². The quantitative estimate of drug-likeness (QED) is 0.127. The molecule has 0 amide bonds. The molecule has 0 spiro atoms. The van der Waals surface area contributed by atoms with Crippen LogP contribution in [0.3, 0.4) is 0 Å². The van der Waals surface area contributed by atoms with Gasteiger partial charge in [0.25, 0.3) is 0 Å². The van der Waals surface area contributed by atoms with Gasteiger partial charge in [-0.05, 0) is 67.3 Å².